The highest BCUT2D eigenvalue weighted by Crippen LogP contribution is 2.40. The largest absolute Gasteiger partial charge is 0.146 e. The standard InChI is InChI=1S/C27H45BrSi/c1-8-9-10-11-12-13-14-15-16-25-17-18-26(27(28)21-25)19-20-29(22(2)3,23(4)5)24(6)7/h17-18,21-24H,8-16H2,1-7H3. The molecule has 0 aromatic heterocycles. The highest BCUT2D eigenvalue weighted by atomic mass is 79.9. The van der Waals surface area contributed by atoms with Crippen LogP contribution in [-0.2, 0) is 6.42 Å². The molecule has 0 aliphatic carbocycles. The molecule has 1 rings (SSSR count). The van der Waals surface area contributed by atoms with Crippen LogP contribution in [0.3, 0.4) is 0 Å². The monoisotopic (exact) mass is 476 g/mol. The Morgan fingerprint density at radius 3 is 1.79 bits per heavy atom. The van der Waals surface area contributed by atoms with Gasteiger partial charge in [-0.2, -0.15) is 0 Å². The Kier molecular flexibility index (Phi) is 12.5. The van der Waals surface area contributed by atoms with Crippen LogP contribution in [0, 0.1) is 11.5 Å². The van der Waals surface area contributed by atoms with Crippen molar-refractivity contribution < 1.29 is 0 Å². The lowest BCUT2D eigenvalue weighted by Crippen LogP contribution is -2.43. The normalized spacial score (nSPS) is 12.0. The Labute approximate surface area is 191 Å². The summed E-state index contributed by atoms with van der Waals surface area (Å²) in [7, 11) is -1.67. The van der Waals surface area contributed by atoms with Crippen LogP contribution in [0.25, 0.3) is 0 Å². The molecule has 0 radical (unpaired) electrons. The van der Waals surface area contributed by atoms with Gasteiger partial charge in [0.05, 0.1) is 0 Å². The third-order valence-corrected chi connectivity index (χ3v) is 13.6. The summed E-state index contributed by atoms with van der Waals surface area (Å²) in [4.78, 5) is 0. The average molecular weight is 478 g/mol. The Morgan fingerprint density at radius 1 is 0.793 bits per heavy atom. The second kappa shape index (κ2) is 13.7. The zero-order valence-electron chi connectivity index (χ0n) is 20.2. The molecule has 0 N–H and O–H groups in total. The maximum atomic E-state index is 3.85. The molecule has 1 aromatic carbocycles. The van der Waals surface area contributed by atoms with Crippen LogP contribution in [-0.4, -0.2) is 8.07 Å². The molecule has 0 nitrogen and oxygen atoms in total. The van der Waals surface area contributed by atoms with E-state index in [0.29, 0.717) is 16.6 Å². The van der Waals surface area contributed by atoms with Crippen molar-refractivity contribution >= 4 is 24.0 Å². The molecule has 0 heterocycles. The highest BCUT2D eigenvalue weighted by molar-refractivity contribution is 9.10. The number of unbranched alkanes of at least 4 members (excludes halogenated alkanes) is 7. The average Bonchev–Trinajstić information content (AvgIpc) is 2.65. The van der Waals surface area contributed by atoms with Crippen molar-refractivity contribution in [3.63, 3.8) is 0 Å². The smallest absolute Gasteiger partial charge is 0.125 e. The molecule has 0 atom stereocenters. The van der Waals surface area contributed by atoms with Crippen molar-refractivity contribution in [2.45, 2.75) is 123 Å². The highest BCUT2D eigenvalue weighted by Gasteiger charge is 2.41. The minimum Gasteiger partial charge on any atom is -0.125 e. The molecular formula is C27H45BrSi. The van der Waals surface area contributed by atoms with E-state index in [9.17, 15) is 0 Å². The molecule has 0 bridgehead atoms. The van der Waals surface area contributed by atoms with E-state index in [-0.39, 0.29) is 0 Å². The fourth-order valence-electron chi connectivity index (χ4n) is 4.89. The van der Waals surface area contributed by atoms with E-state index < -0.39 is 8.07 Å². The SMILES string of the molecule is CCCCCCCCCCc1ccc(C#C[Si](C(C)C)(C(C)C)C(C)C)c(Br)c1. The molecule has 0 amide bonds. The van der Waals surface area contributed by atoms with Gasteiger partial charge in [0.15, 0.2) is 0 Å². The summed E-state index contributed by atoms with van der Waals surface area (Å²) in [5.74, 6) is 3.59. The van der Waals surface area contributed by atoms with Gasteiger partial charge in [0.2, 0.25) is 0 Å². The molecule has 0 saturated carbocycles. The maximum absolute atomic E-state index is 3.85. The molecule has 0 unspecified atom stereocenters. The van der Waals surface area contributed by atoms with E-state index in [1.165, 1.54) is 67.8 Å². The van der Waals surface area contributed by atoms with Gasteiger partial charge in [0.1, 0.15) is 8.07 Å². The van der Waals surface area contributed by atoms with Crippen molar-refractivity contribution in [2.24, 2.45) is 0 Å². The second-order valence-corrected chi connectivity index (χ2v) is 16.1. The first-order valence-electron chi connectivity index (χ1n) is 12.1. The Morgan fingerprint density at radius 2 is 1.31 bits per heavy atom. The summed E-state index contributed by atoms with van der Waals surface area (Å²) < 4.78 is 1.17. The molecule has 0 spiro atoms. The first kappa shape index (κ1) is 26.5. The predicted octanol–water partition coefficient (Wildman–Crippen LogP) is 9.70. The Bertz CT molecular complexity index is 626. The molecule has 0 aliphatic rings. The fraction of sp³-hybridized carbons (Fsp3) is 0.704. The van der Waals surface area contributed by atoms with E-state index in [0.717, 1.165) is 5.56 Å². The van der Waals surface area contributed by atoms with Crippen molar-refractivity contribution in [2.75, 3.05) is 0 Å². The summed E-state index contributed by atoms with van der Waals surface area (Å²) in [5, 5.41) is 0. The van der Waals surface area contributed by atoms with Gasteiger partial charge in [0.25, 0.3) is 0 Å². The van der Waals surface area contributed by atoms with Crippen LogP contribution in [0.2, 0.25) is 16.6 Å². The van der Waals surface area contributed by atoms with Gasteiger partial charge in [-0.25, -0.2) is 0 Å². The van der Waals surface area contributed by atoms with E-state index >= 15 is 0 Å². The van der Waals surface area contributed by atoms with Crippen LogP contribution in [0.4, 0.5) is 0 Å². The van der Waals surface area contributed by atoms with Crippen molar-refractivity contribution in [1.29, 1.82) is 0 Å². The lowest BCUT2D eigenvalue weighted by atomic mass is 10.0. The lowest BCUT2D eigenvalue weighted by Gasteiger charge is -2.38. The van der Waals surface area contributed by atoms with E-state index in [1.54, 1.807) is 0 Å². The summed E-state index contributed by atoms with van der Waals surface area (Å²) in [6.45, 7) is 16.6. The van der Waals surface area contributed by atoms with Gasteiger partial charge in [-0.1, -0.05) is 105 Å². The molecule has 2 heteroatoms. The van der Waals surface area contributed by atoms with Gasteiger partial charge < -0.3 is 0 Å². The van der Waals surface area contributed by atoms with E-state index in [2.05, 4.69) is 94.1 Å². The Hall–Kier alpha value is -0.523. The zero-order chi connectivity index (χ0) is 21.9. The molecule has 29 heavy (non-hydrogen) atoms. The number of halogens is 1. The number of aryl methyl sites for hydroxylation is 1. The summed E-state index contributed by atoms with van der Waals surface area (Å²) in [6.07, 6.45) is 12.2. The van der Waals surface area contributed by atoms with Crippen LogP contribution < -0.4 is 0 Å². The zero-order valence-corrected chi connectivity index (χ0v) is 22.8. The third-order valence-electron chi connectivity index (χ3n) is 6.63. The molecule has 0 aliphatic heterocycles. The van der Waals surface area contributed by atoms with Crippen LogP contribution in [0.5, 0.6) is 0 Å². The summed E-state index contributed by atoms with van der Waals surface area (Å²) >= 11 is 3.80. The Balaban J connectivity index is 2.69. The fourth-order valence-corrected chi connectivity index (χ4v) is 10.6. The van der Waals surface area contributed by atoms with E-state index in [4.69, 9.17) is 0 Å². The number of rotatable bonds is 12. The topological polar surface area (TPSA) is 0 Å². The minimum atomic E-state index is -1.67. The predicted molar refractivity (Wildman–Crippen MR) is 138 cm³/mol. The molecule has 0 fully saturated rings. The molecule has 164 valence electrons. The quantitative estimate of drug-likeness (QED) is 0.160. The first-order chi connectivity index (χ1) is 13.8. The second-order valence-electron chi connectivity index (χ2n) is 9.69. The first-order valence-corrected chi connectivity index (χ1v) is 15.1. The number of hydrogen-bond acceptors (Lipinski definition) is 0. The number of benzene rings is 1. The van der Waals surface area contributed by atoms with Crippen LogP contribution >= 0.6 is 15.9 Å². The van der Waals surface area contributed by atoms with Gasteiger partial charge in [0, 0.05) is 10.0 Å². The van der Waals surface area contributed by atoms with E-state index in [1.807, 2.05) is 0 Å². The maximum Gasteiger partial charge on any atom is 0.146 e. The van der Waals surface area contributed by atoms with Crippen LogP contribution in [0.1, 0.15) is 111 Å². The van der Waals surface area contributed by atoms with Crippen molar-refractivity contribution in [1.82, 2.24) is 0 Å². The molecular weight excluding hydrogens is 432 g/mol. The van der Waals surface area contributed by atoms with Gasteiger partial charge in [-0.05, 0) is 63.1 Å². The van der Waals surface area contributed by atoms with Crippen molar-refractivity contribution in [3.05, 3.63) is 33.8 Å². The molecule has 0 saturated heterocycles. The van der Waals surface area contributed by atoms with Gasteiger partial charge >= 0.3 is 0 Å². The van der Waals surface area contributed by atoms with Crippen molar-refractivity contribution in [3.8, 4) is 11.5 Å². The summed E-state index contributed by atoms with van der Waals surface area (Å²) in [6, 6.07) is 6.82. The van der Waals surface area contributed by atoms with Crippen LogP contribution in [0.15, 0.2) is 22.7 Å². The number of hydrogen-bond donors (Lipinski definition) is 0. The summed E-state index contributed by atoms with van der Waals surface area (Å²) in [5.41, 5.74) is 8.47. The van der Waals surface area contributed by atoms with Gasteiger partial charge in [-0.3, -0.25) is 0 Å². The lowest BCUT2D eigenvalue weighted by molar-refractivity contribution is 0.575. The molecule has 1 aromatic rings. The third kappa shape index (κ3) is 8.26. The van der Waals surface area contributed by atoms with Gasteiger partial charge in [-0.15, -0.1) is 5.54 Å². The minimum absolute atomic E-state index is 0.676.